The monoisotopic (exact) mass is 270 g/mol. The third-order valence-electron chi connectivity index (χ3n) is 4.19. The van der Waals surface area contributed by atoms with Crippen molar-refractivity contribution < 1.29 is 0 Å². The number of imidazole rings is 1. The smallest absolute Gasteiger partial charge is 0.203 e. The summed E-state index contributed by atoms with van der Waals surface area (Å²) in [5, 5.41) is 3.53. The Balaban J connectivity index is 1.73. The van der Waals surface area contributed by atoms with Gasteiger partial charge < -0.3 is 9.88 Å². The number of pyridine rings is 1. The van der Waals surface area contributed by atoms with Gasteiger partial charge in [0.05, 0.1) is 6.04 Å². The van der Waals surface area contributed by atoms with E-state index in [9.17, 15) is 0 Å². The molecule has 1 N–H and O–H groups in total. The fourth-order valence-electron chi connectivity index (χ4n) is 3.01. The highest BCUT2D eigenvalue weighted by Crippen LogP contribution is 2.31. The standard InChI is InChI=1S/C16H22N4/c1-13(14-7-9-17-10-8-14)19-16-18-11-12-20(16)15-5-3-2-4-6-15/h7-13,15H,2-6H2,1H3,(H,18,19). The van der Waals surface area contributed by atoms with Gasteiger partial charge in [-0.2, -0.15) is 0 Å². The molecule has 0 amide bonds. The fourth-order valence-corrected chi connectivity index (χ4v) is 3.01. The van der Waals surface area contributed by atoms with E-state index in [1.807, 2.05) is 30.7 Å². The minimum atomic E-state index is 0.239. The highest BCUT2D eigenvalue weighted by molar-refractivity contribution is 5.32. The summed E-state index contributed by atoms with van der Waals surface area (Å²) in [5.74, 6) is 0.987. The molecule has 0 spiro atoms. The van der Waals surface area contributed by atoms with Gasteiger partial charge in [0.1, 0.15) is 0 Å². The van der Waals surface area contributed by atoms with Crippen LogP contribution < -0.4 is 5.32 Å². The second-order valence-electron chi connectivity index (χ2n) is 5.60. The minimum absolute atomic E-state index is 0.239. The quantitative estimate of drug-likeness (QED) is 0.914. The lowest BCUT2D eigenvalue weighted by Gasteiger charge is -2.26. The van der Waals surface area contributed by atoms with Gasteiger partial charge in [-0.25, -0.2) is 4.98 Å². The molecule has 0 bridgehead atoms. The van der Waals surface area contributed by atoms with Crippen LogP contribution in [0.4, 0.5) is 5.95 Å². The molecular formula is C16H22N4. The van der Waals surface area contributed by atoms with Gasteiger partial charge in [0, 0.05) is 30.8 Å². The van der Waals surface area contributed by atoms with Crippen LogP contribution in [0.3, 0.4) is 0 Å². The molecule has 1 saturated carbocycles. The number of aromatic nitrogens is 3. The van der Waals surface area contributed by atoms with Gasteiger partial charge in [-0.1, -0.05) is 19.3 Å². The summed E-state index contributed by atoms with van der Waals surface area (Å²) in [7, 11) is 0. The Bertz CT molecular complexity index is 528. The largest absolute Gasteiger partial charge is 0.349 e. The van der Waals surface area contributed by atoms with E-state index in [4.69, 9.17) is 0 Å². The van der Waals surface area contributed by atoms with Crippen molar-refractivity contribution in [3.05, 3.63) is 42.5 Å². The molecule has 4 nitrogen and oxygen atoms in total. The number of nitrogens with zero attached hydrogens (tertiary/aromatic N) is 3. The van der Waals surface area contributed by atoms with Crippen molar-refractivity contribution in [1.82, 2.24) is 14.5 Å². The van der Waals surface area contributed by atoms with Crippen molar-refractivity contribution in [2.24, 2.45) is 0 Å². The summed E-state index contributed by atoms with van der Waals surface area (Å²) in [4.78, 5) is 8.56. The molecule has 20 heavy (non-hydrogen) atoms. The van der Waals surface area contributed by atoms with E-state index in [0.717, 1.165) is 5.95 Å². The predicted molar refractivity (Wildman–Crippen MR) is 80.6 cm³/mol. The van der Waals surface area contributed by atoms with E-state index >= 15 is 0 Å². The van der Waals surface area contributed by atoms with Gasteiger partial charge in [0.2, 0.25) is 5.95 Å². The Morgan fingerprint density at radius 1 is 1.15 bits per heavy atom. The van der Waals surface area contributed by atoms with Gasteiger partial charge in [0.15, 0.2) is 0 Å². The van der Waals surface area contributed by atoms with Crippen molar-refractivity contribution in [3.8, 4) is 0 Å². The van der Waals surface area contributed by atoms with Crippen molar-refractivity contribution in [1.29, 1.82) is 0 Å². The fraction of sp³-hybridized carbons (Fsp3) is 0.500. The molecule has 1 atom stereocenters. The second kappa shape index (κ2) is 6.07. The van der Waals surface area contributed by atoms with Crippen LogP contribution in [0.5, 0.6) is 0 Å². The van der Waals surface area contributed by atoms with Crippen molar-refractivity contribution in [3.63, 3.8) is 0 Å². The Morgan fingerprint density at radius 3 is 2.65 bits per heavy atom. The Morgan fingerprint density at radius 2 is 1.90 bits per heavy atom. The molecule has 2 aromatic rings. The number of hydrogen-bond acceptors (Lipinski definition) is 3. The highest BCUT2D eigenvalue weighted by Gasteiger charge is 2.18. The number of nitrogens with one attached hydrogen (secondary N) is 1. The molecule has 2 aromatic heterocycles. The van der Waals surface area contributed by atoms with Crippen LogP contribution in [-0.2, 0) is 0 Å². The van der Waals surface area contributed by atoms with Crippen molar-refractivity contribution >= 4 is 5.95 Å². The van der Waals surface area contributed by atoms with E-state index in [-0.39, 0.29) is 6.04 Å². The van der Waals surface area contributed by atoms with Crippen LogP contribution in [0.1, 0.15) is 56.7 Å². The first kappa shape index (κ1) is 13.2. The molecule has 1 unspecified atom stereocenters. The average Bonchev–Trinajstić information content (AvgIpc) is 2.97. The van der Waals surface area contributed by atoms with Crippen LogP contribution in [0, 0.1) is 0 Å². The van der Waals surface area contributed by atoms with Gasteiger partial charge in [-0.3, -0.25) is 4.98 Å². The Hall–Kier alpha value is -1.84. The molecule has 0 radical (unpaired) electrons. The molecule has 0 saturated heterocycles. The maximum absolute atomic E-state index is 4.49. The molecule has 1 aliphatic carbocycles. The maximum atomic E-state index is 4.49. The molecule has 106 valence electrons. The maximum Gasteiger partial charge on any atom is 0.203 e. The van der Waals surface area contributed by atoms with E-state index in [2.05, 4.69) is 33.0 Å². The predicted octanol–water partition coefficient (Wildman–Crippen LogP) is 3.96. The summed E-state index contributed by atoms with van der Waals surface area (Å²) in [6, 6.07) is 4.94. The van der Waals surface area contributed by atoms with Gasteiger partial charge in [-0.15, -0.1) is 0 Å². The zero-order valence-corrected chi connectivity index (χ0v) is 12.0. The summed E-state index contributed by atoms with van der Waals surface area (Å²) >= 11 is 0. The van der Waals surface area contributed by atoms with E-state index < -0.39 is 0 Å². The first-order valence-electron chi connectivity index (χ1n) is 7.54. The summed E-state index contributed by atoms with van der Waals surface area (Å²) < 4.78 is 2.32. The molecule has 1 aliphatic rings. The van der Waals surface area contributed by atoms with Crippen LogP contribution in [0.15, 0.2) is 36.9 Å². The Kier molecular flexibility index (Phi) is 4.00. The van der Waals surface area contributed by atoms with E-state index in [0.29, 0.717) is 6.04 Å². The van der Waals surface area contributed by atoms with Crippen LogP contribution in [0.2, 0.25) is 0 Å². The zero-order valence-electron chi connectivity index (χ0n) is 12.0. The lowest BCUT2D eigenvalue weighted by Crippen LogP contribution is -2.17. The summed E-state index contributed by atoms with van der Waals surface area (Å²) in [6.45, 7) is 2.16. The molecule has 1 fully saturated rings. The third-order valence-corrected chi connectivity index (χ3v) is 4.19. The van der Waals surface area contributed by atoms with Crippen LogP contribution >= 0.6 is 0 Å². The van der Waals surface area contributed by atoms with Gasteiger partial charge in [-0.05, 0) is 37.5 Å². The van der Waals surface area contributed by atoms with Crippen molar-refractivity contribution in [2.45, 2.75) is 51.1 Å². The minimum Gasteiger partial charge on any atom is -0.349 e. The van der Waals surface area contributed by atoms with Crippen LogP contribution in [0.25, 0.3) is 0 Å². The summed E-state index contributed by atoms with van der Waals surface area (Å²) in [6.07, 6.45) is 14.3. The summed E-state index contributed by atoms with van der Waals surface area (Å²) in [5.41, 5.74) is 1.23. The first-order valence-corrected chi connectivity index (χ1v) is 7.54. The topological polar surface area (TPSA) is 42.7 Å². The lowest BCUT2D eigenvalue weighted by molar-refractivity contribution is 0.355. The SMILES string of the molecule is CC(Nc1nccn1C1CCCCC1)c1ccncc1. The van der Waals surface area contributed by atoms with Gasteiger partial charge in [0.25, 0.3) is 0 Å². The molecule has 2 heterocycles. The molecule has 4 heteroatoms. The van der Waals surface area contributed by atoms with E-state index in [1.165, 1.54) is 37.7 Å². The zero-order chi connectivity index (χ0) is 13.8. The molecular weight excluding hydrogens is 248 g/mol. The first-order chi connectivity index (χ1) is 9.84. The van der Waals surface area contributed by atoms with E-state index in [1.54, 1.807) is 0 Å². The van der Waals surface area contributed by atoms with Crippen molar-refractivity contribution in [2.75, 3.05) is 5.32 Å². The second-order valence-corrected chi connectivity index (χ2v) is 5.60. The number of rotatable bonds is 4. The normalized spacial score (nSPS) is 17.9. The average molecular weight is 270 g/mol. The third kappa shape index (κ3) is 2.84. The molecule has 0 aliphatic heterocycles. The highest BCUT2D eigenvalue weighted by atomic mass is 15.2. The molecule has 3 rings (SSSR count). The molecule has 0 aromatic carbocycles. The number of anilines is 1. The number of hydrogen-bond donors (Lipinski definition) is 1. The van der Waals surface area contributed by atoms with Crippen LogP contribution in [-0.4, -0.2) is 14.5 Å². The lowest BCUT2D eigenvalue weighted by atomic mass is 9.95. The van der Waals surface area contributed by atoms with Gasteiger partial charge >= 0.3 is 0 Å². The Labute approximate surface area is 120 Å².